The van der Waals surface area contributed by atoms with Crippen molar-refractivity contribution in [1.29, 1.82) is 0 Å². The van der Waals surface area contributed by atoms with Gasteiger partial charge < -0.3 is 4.90 Å². The van der Waals surface area contributed by atoms with Crippen LogP contribution in [0.15, 0.2) is 0 Å². The first-order valence-corrected chi connectivity index (χ1v) is 6.55. The fourth-order valence-electron chi connectivity index (χ4n) is 2.28. The van der Waals surface area contributed by atoms with E-state index in [2.05, 4.69) is 18.7 Å². The topological polar surface area (TPSA) is 3.24 Å². The summed E-state index contributed by atoms with van der Waals surface area (Å²) in [7, 11) is 0. The van der Waals surface area contributed by atoms with Crippen molar-refractivity contribution in [1.82, 2.24) is 4.90 Å². The zero-order valence-corrected chi connectivity index (χ0v) is 10.1. The lowest BCUT2D eigenvalue weighted by molar-refractivity contribution is 0.213. The van der Waals surface area contributed by atoms with E-state index in [1.165, 1.54) is 64.6 Å². The standard InChI is InChI=1S/C13H27N/c1-3-4-8-13(2)9-12-14-10-6-5-7-11-14/h13H,3-12H2,1-2H3. The Morgan fingerprint density at radius 3 is 2.43 bits per heavy atom. The van der Waals surface area contributed by atoms with Crippen molar-refractivity contribution in [2.45, 2.75) is 58.8 Å². The molecule has 0 amide bonds. The van der Waals surface area contributed by atoms with Gasteiger partial charge in [-0.2, -0.15) is 0 Å². The number of hydrogen-bond donors (Lipinski definition) is 0. The highest BCUT2D eigenvalue weighted by Crippen LogP contribution is 2.15. The van der Waals surface area contributed by atoms with Crippen LogP contribution in [-0.4, -0.2) is 24.5 Å². The molecule has 1 nitrogen and oxygen atoms in total. The maximum absolute atomic E-state index is 2.66. The van der Waals surface area contributed by atoms with Gasteiger partial charge in [0.15, 0.2) is 0 Å². The molecule has 1 fully saturated rings. The molecule has 1 unspecified atom stereocenters. The SMILES string of the molecule is CCCCC(C)CCN1CCCCC1. The van der Waals surface area contributed by atoms with Crippen LogP contribution in [0.5, 0.6) is 0 Å². The summed E-state index contributed by atoms with van der Waals surface area (Å²) in [5, 5.41) is 0. The van der Waals surface area contributed by atoms with E-state index < -0.39 is 0 Å². The van der Waals surface area contributed by atoms with E-state index in [9.17, 15) is 0 Å². The zero-order chi connectivity index (χ0) is 10.2. The van der Waals surface area contributed by atoms with Crippen molar-refractivity contribution in [3.63, 3.8) is 0 Å². The van der Waals surface area contributed by atoms with E-state index in [0.29, 0.717) is 0 Å². The Morgan fingerprint density at radius 2 is 1.79 bits per heavy atom. The summed E-state index contributed by atoms with van der Waals surface area (Å²) >= 11 is 0. The van der Waals surface area contributed by atoms with E-state index in [1.807, 2.05) is 0 Å². The van der Waals surface area contributed by atoms with Gasteiger partial charge in [-0.15, -0.1) is 0 Å². The van der Waals surface area contributed by atoms with Gasteiger partial charge in [-0.05, 0) is 44.8 Å². The number of hydrogen-bond acceptors (Lipinski definition) is 1. The van der Waals surface area contributed by atoms with Gasteiger partial charge in [-0.25, -0.2) is 0 Å². The smallest absolute Gasteiger partial charge is 0.00162 e. The summed E-state index contributed by atoms with van der Waals surface area (Å²) in [5.41, 5.74) is 0. The third kappa shape index (κ3) is 4.99. The summed E-state index contributed by atoms with van der Waals surface area (Å²) in [6, 6.07) is 0. The molecule has 0 aromatic heterocycles. The first-order valence-electron chi connectivity index (χ1n) is 6.55. The van der Waals surface area contributed by atoms with Crippen molar-refractivity contribution in [3.05, 3.63) is 0 Å². The molecule has 1 aliphatic rings. The molecular weight excluding hydrogens is 170 g/mol. The van der Waals surface area contributed by atoms with Gasteiger partial charge in [-0.1, -0.05) is 39.5 Å². The third-order valence-corrected chi connectivity index (χ3v) is 3.44. The largest absolute Gasteiger partial charge is 0.303 e. The maximum atomic E-state index is 2.66. The van der Waals surface area contributed by atoms with E-state index in [4.69, 9.17) is 0 Å². The maximum Gasteiger partial charge on any atom is -0.00162 e. The molecule has 84 valence electrons. The van der Waals surface area contributed by atoms with Gasteiger partial charge in [-0.3, -0.25) is 0 Å². The molecule has 0 saturated carbocycles. The molecule has 14 heavy (non-hydrogen) atoms. The van der Waals surface area contributed by atoms with Gasteiger partial charge in [0.2, 0.25) is 0 Å². The fraction of sp³-hybridized carbons (Fsp3) is 1.00. The Balaban J connectivity index is 2.00. The Kier molecular flexibility index (Phi) is 6.25. The Labute approximate surface area is 89.9 Å². The lowest BCUT2D eigenvalue weighted by atomic mass is 10.00. The first kappa shape index (κ1) is 12.0. The Morgan fingerprint density at radius 1 is 1.07 bits per heavy atom. The van der Waals surface area contributed by atoms with Crippen LogP contribution in [0.2, 0.25) is 0 Å². The summed E-state index contributed by atoms with van der Waals surface area (Å²) in [6.07, 6.45) is 9.95. The van der Waals surface area contributed by atoms with Crippen LogP contribution < -0.4 is 0 Å². The van der Waals surface area contributed by atoms with Crippen LogP contribution in [0.3, 0.4) is 0 Å². The number of piperidine rings is 1. The zero-order valence-electron chi connectivity index (χ0n) is 10.1. The average molecular weight is 197 g/mol. The summed E-state index contributed by atoms with van der Waals surface area (Å²) in [4.78, 5) is 2.66. The lowest BCUT2D eigenvalue weighted by Gasteiger charge is -2.27. The fourth-order valence-corrected chi connectivity index (χ4v) is 2.28. The highest BCUT2D eigenvalue weighted by molar-refractivity contribution is 4.65. The summed E-state index contributed by atoms with van der Waals surface area (Å²) in [5.74, 6) is 0.942. The van der Waals surface area contributed by atoms with Crippen LogP contribution in [0.4, 0.5) is 0 Å². The molecule has 1 rings (SSSR count). The van der Waals surface area contributed by atoms with E-state index in [1.54, 1.807) is 0 Å². The van der Waals surface area contributed by atoms with Gasteiger partial charge in [0.05, 0.1) is 0 Å². The minimum atomic E-state index is 0.942. The molecule has 0 bridgehead atoms. The van der Waals surface area contributed by atoms with Crippen LogP contribution in [0.25, 0.3) is 0 Å². The van der Waals surface area contributed by atoms with Crippen LogP contribution >= 0.6 is 0 Å². The predicted molar refractivity (Wildman–Crippen MR) is 63.6 cm³/mol. The molecule has 1 heterocycles. The number of likely N-dealkylation sites (tertiary alicyclic amines) is 1. The normalized spacial score (nSPS) is 21.0. The molecule has 0 spiro atoms. The van der Waals surface area contributed by atoms with Crippen LogP contribution in [0, 0.1) is 5.92 Å². The van der Waals surface area contributed by atoms with Crippen molar-refractivity contribution in [2.24, 2.45) is 5.92 Å². The Hall–Kier alpha value is -0.0400. The molecule has 1 aliphatic heterocycles. The lowest BCUT2D eigenvalue weighted by Crippen LogP contribution is -2.31. The van der Waals surface area contributed by atoms with Crippen LogP contribution in [0.1, 0.15) is 58.8 Å². The molecular formula is C13H27N. The highest BCUT2D eigenvalue weighted by Gasteiger charge is 2.10. The van der Waals surface area contributed by atoms with E-state index >= 15 is 0 Å². The van der Waals surface area contributed by atoms with Crippen molar-refractivity contribution in [3.8, 4) is 0 Å². The number of nitrogens with zero attached hydrogens (tertiary/aromatic N) is 1. The van der Waals surface area contributed by atoms with Gasteiger partial charge in [0, 0.05) is 0 Å². The van der Waals surface area contributed by atoms with Crippen molar-refractivity contribution < 1.29 is 0 Å². The molecule has 0 aromatic rings. The van der Waals surface area contributed by atoms with Crippen LogP contribution in [-0.2, 0) is 0 Å². The van der Waals surface area contributed by atoms with Gasteiger partial charge in [0.1, 0.15) is 0 Å². The minimum Gasteiger partial charge on any atom is -0.303 e. The quantitative estimate of drug-likeness (QED) is 0.628. The molecule has 0 radical (unpaired) electrons. The predicted octanol–water partition coefficient (Wildman–Crippen LogP) is 3.69. The highest BCUT2D eigenvalue weighted by atomic mass is 15.1. The molecule has 0 N–H and O–H groups in total. The second kappa shape index (κ2) is 7.28. The van der Waals surface area contributed by atoms with Gasteiger partial charge in [0.25, 0.3) is 0 Å². The van der Waals surface area contributed by atoms with Crippen molar-refractivity contribution >= 4 is 0 Å². The molecule has 1 heteroatoms. The minimum absolute atomic E-state index is 0.942. The molecule has 1 saturated heterocycles. The molecule has 0 aromatic carbocycles. The molecule has 1 atom stereocenters. The number of unbranched alkanes of at least 4 members (excludes halogenated alkanes) is 1. The van der Waals surface area contributed by atoms with E-state index in [0.717, 1.165) is 5.92 Å². The van der Waals surface area contributed by atoms with Crippen molar-refractivity contribution in [2.75, 3.05) is 19.6 Å². The second-order valence-corrected chi connectivity index (χ2v) is 4.94. The molecule has 0 aliphatic carbocycles. The van der Waals surface area contributed by atoms with E-state index in [-0.39, 0.29) is 0 Å². The summed E-state index contributed by atoms with van der Waals surface area (Å²) in [6.45, 7) is 8.78. The number of rotatable bonds is 6. The Bertz CT molecular complexity index is 127. The summed E-state index contributed by atoms with van der Waals surface area (Å²) < 4.78 is 0. The second-order valence-electron chi connectivity index (χ2n) is 4.94. The van der Waals surface area contributed by atoms with Gasteiger partial charge >= 0.3 is 0 Å². The average Bonchev–Trinajstić information content (AvgIpc) is 2.25. The first-order chi connectivity index (χ1) is 6.83. The third-order valence-electron chi connectivity index (χ3n) is 3.44. The monoisotopic (exact) mass is 197 g/mol.